The minimum absolute atomic E-state index is 0.811. The van der Waals surface area contributed by atoms with Crippen LogP contribution < -0.4 is 5.73 Å². The van der Waals surface area contributed by atoms with E-state index in [4.69, 9.17) is 5.73 Å². The summed E-state index contributed by atoms with van der Waals surface area (Å²) in [6.45, 7) is 14.6. The lowest BCUT2D eigenvalue weighted by atomic mass is 10.3. The standard InChI is InChI=1S/C12H29N3/c1-4-9-15(10-7-8-13)12-11-14(5-2)6-3/h4-13H2,1-3H3. The van der Waals surface area contributed by atoms with E-state index in [1.807, 2.05) is 0 Å². The molecule has 0 bridgehead atoms. The second-order valence-electron chi connectivity index (χ2n) is 4.01. The average molecular weight is 215 g/mol. The van der Waals surface area contributed by atoms with Gasteiger partial charge in [-0.15, -0.1) is 0 Å². The zero-order valence-electron chi connectivity index (χ0n) is 10.8. The summed E-state index contributed by atoms with van der Waals surface area (Å²) < 4.78 is 0. The van der Waals surface area contributed by atoms with E-state index < -0.39 is 0 Å². The van der Waals surface area contributed by atoms with Crippen molar-refractivity contribution in [3.8, 4) is 0 Å². The highest BCUT2D eigenvalue weighted by Gasteiger charge is 2.05. The molecule has 0 aromatic heterocycles. The molecule has 0 radical (unpaired) electrons. The number of nitrogens with two attached hydrogens (primary N) is 1. The minimum atomic E-state index is 0.811. The number of likely N-dealkylation sites (N-methyl/N-ethyl adjacent to an activating group) is 1. The summed E-state index contributed by atoms with van der Waals surface area (Å²) in [7, 11) is 0. The Bertz CT molecular complexity index is 124. The van der Waals surface area contributed by atoms with E-state index in [0.29, 0.717) is 0 Å². The van der Waals surface area contributed by atoms with Crippen molar-refractivity contribution in [2.75, 3.05) is 45.8 Å². The monoisotopic (exact) mass is 215 g/mol. The average Bonchev–Trinajstić information content (AvgIpc) is 2.27. The second kappa shape index (κ2) is 10.4. The van der Waals surface area contributed by atoms with Gasteiger partial charge in [-0.2, -0.15) is 0 Å². The Morgan fingerprint density at radius 3 is 1.87 bits per heavy atom. The van der Waals surface area contributed by atoms with Crippen LogP contribution in [0.5, 0.6) is 0 Å². The van der Waals surface area contributed by atoms with Gasteiger partial charge in [0.15, 0.2) is 0 Å². The first-order valence-corrected chi connectivity index (χ1v) is 6.43. The number of hydrogen-bond donors (Lipinski definition) is 1. The van der Waals surface area contributed by atoms with E-state index in [0.717, 1.165) is 32.6 Å². The van der Waals surface area contributed by atoms with E-state index >= 15 is 0 Å². The van der Waals surface area contributed by atoms with E-state index in [9.17, 15) is 0 Å². The molecule has 0 fully saturated rings. The lowest BCUT2D eigenvalue weighted by Gasteiger charge is -2.25. The van der Waals surface area contributed by atoms with Crippen molar-refractivity contribution in [2.24, 2.45) is 5.73 Å². The molecule has 0 aliphatic rings. The molecule has 15 heavy (non-hydrogen) atoms. The highest BCUT2D eigenvalue weighted by molar-refractivity contribution is 4.61. The number of hydrogen-bond acceptors (Lipinski definition) is 3. The Morgan fingerprint density at radius 1 is 0.800 bits per heavy atom. The molecule has 0 amide bonds. The van der Waals surface area contributed by atoms with Crippen molar-refractivity contribution in [3.63, 3.8) is 0 Å². The molecule has 0 heterocycles. The summed E-state index contributed by atoms with van der Waals surface area (Å²) >= 11 is 0. The summed E-state index contributed by atoms with van der Waals surface area (Å²) in [5, 5.41) is 0. The van der Waals surface area contributed by atoms with Crippen LogP contribution in [0.2, 0.25) is 0 Å². The third-order valence-electron chi connectivity index (χ3n) is 2.85. The maximum absolute atomic E-state index is 5.54. The van der Waals surface area contributed by atoms with Crippen LogP contribution >= 0.6 is 0 Å². The molecule has 3 heteroatoms. The molecule has 2 N–H and O–H groups in total. The van der Waals surface area contributed by atoms with Gasteiger partial charge in [0.05, 0.1) is 0 Å². The third kappa shape index (κ3) is 7.77. The van der Waals surface area contributed by atoms with Gasteiger partial charge in [0.1, 0.15) is 0 Å². The van der Waals surface area contributed by atoms with Crippen LogP contribution in [0.3, 0.4) is 0 Å². The zero-order valence-corrected chi connectivity index (χ0v) is 10.8. The Labute approximate surface area is 95.6 Å². The fourth-order valence-electron chi connectivity index (χ4n) is 1.79. The lowest BCUT2D eigenvalue weighted by molar-refractivity contribution is 0.213. The molecular weight excluding hydrogens is 186 g/mol. The summed E-state index contributed by atoms with van der Waals surface area (Å²) in [6.07, 6.45) is 2.36. The van der Waals surface area contributed by atoms with Crippen molar-refractivity contribution in [1.29, 1.82) is 0 Å². The molecule has 0 aromatic carbocycles. The van der Waals surface area contributed by atoms with Gasteiger partial charge in [0.25, 0.3) is 0 Å². The predicted octanol–water partition coefficient (Wildman–Crippen LogP) is 1.39. The molecule has 0 aromatic rings. The quantitative estimate of drug-likeness (QED) is 0.598. The largest absolute Gasteiger partial charge is 0.330 e. The van der Waals surface area contributed by atoms with Gasteiger partial charge in [-0.25, -0.2) is 0 Å². The van der Waals surface area contributed by atoms with Crippen LogP contribution in [0.15, 0.2) is 0 Å². The molecule has 0 spiro atoms. The third-order valence-corrected chi connectivity index (χ3v) is 2.85. The topological polar surface area (TPSA) is 32.5 Å². The summed E-state index contributed by atoms with van der Waals surface area (Å²) in [5.74, 6) is 0. The molecule has 0 rings (SSSR count). The van der Waals surface area contributed by atoms with E-state index in [-0.39, 0.29) is 0 Å². The predicted molar refractivity (Wildman–Crippen MR) is 68.2 cm³/mol. The van der Waals surface area contributed by atoms with Gasteiger partial charge in [-0.05, 0) is 45.6 Å². The van der Waals surface area contributed by atoms with Crippen molar-refractivity contribution in [1.82, 2.24) is 9.80 Å². The molecule has 3 nitrogen and oxygen atoms in total. The Morgan fingerprint density at radius 2 is 1.40 bits per heavy atom. The van der Waals surface area contributed by atoms with Crippen LogP contribution in [0, 0.1) is 0 Å². The zero-order chi connectivity index (χ0) is 11.5. The highest BCUT2D eigenvalue weighted by atomic mass is 15.2. The van der Waals surface area contributed by atoms with Crippen LogP contribution in [-0.4, -0.2) is 55.6 Å². The molecule has 0 aliphatic heterocycles. The summed E-state index contributed by atoms with van der Waals surface area (Å²) in [6, 6.07) is 0. The minimum Gasteiger partial charge on any atom is -0.330 e. The normalized spacial score (nSPS) is 11.6. The Kier molecular flexibility index (Phi) is 10.3. The van der Waals surface area contributed by atoms with E-state index in [1.165, 1.54) is 26.1 Å². The maximum atomic E-state index is 5.54. The lowest BCUT2D eigenvalue weighted by Crippen LogP contribution is -2.36. The maximum Gasteiger partial charge on any atom is 0.0109 e. The van der Waals surface area contributed by atoms with Crippen LogP contribution in [0.1, 0.15) is 33.6 Å². The first-order chi connectivity index (χ1) is 7.28. The number of rotatable bonds is 10. The Balaban J connectivity index is 3.72. The van der Waals surface area contributed by atoms with Gasteiger partial charge in [-0.3, -0.25) is 0 Å². The molecular formula is C12H29N3. The first kappa shape index (κ1) is 14.9. The van der Waals surface area contributed by atoms with E-state index in [2.05, 4.69) is 30.6 Å². The molecule has 0 aliphatic carbocycles. The first-order valence-electron chi connectivity index (χ1n) is 6.43. The fourth-order valence-corrected chi connectivity index (χ4v) is 1.79. The van der Waals surface area contributed by atoms with Gasteiger partial charge in [-0.1, -0.05) is 20.8 Å². The second-order valence-corrected chi connectivity index (χ2v) is 4.01. The van der Waals surface area contributed by atoms with Gasteiger partial charge in [0.2, 0.25) is 0 Å². The summed E-state index contributed by atoms with van der Waals surface area (Å²) in [4.78, 5) is 5.01. The van der Waals surface area contributed by atoms with Gasteiger partial charge in [0, 0.05) is 13.1 Å². The van der Waals surface area contributed by atoms with Gasteiger partial charge < -0.3 is 15.5 Å². The molecule has 0 saturated heterocycles. The molecule has 0 atom stereocenters. The smallest absolute Gasteiger partial charge is 0.0109 e. The number of nitrogens with zero attached hydrogens (tertiary/aromatic N) is 2. The molecule has 92 valence electrons. The highest BCUT2D eigenvalue weighted by Crippen LogP contribution is 1.95. The molecule has 0 unspecified atom stereocenters. The molecule has 0 saturated carbocycles. The SMILES string of the molecule is CCCN(CCCN)CCN(CC)CC. The van der Waals surface area contributed by atoms with E-state index in [1.54, 1.807) is 0 Å². The Hall–Kier alpha value is -0.120. The van der Waals surface area contributed by atoms with Crippen molar-refractivity contribution in [3.05, 3.63) is 0 Å². The van der Waals surface area contributed by atoms with Crippen LogP contribution in [0.4, 0.5) is 0 Å². The van der Waals surface area contributed by atoms with Crippen molar-refractivity contribution >= 4 is 0 Å². The van der Waals surface area contributed by atoms with Crippen LogP contribution in [0.25, 0.3) is 0 Å². The summed E-state index contributed by atoms with van der Waals surface area (Å²) in [5.41, 5.74) is 5.54. The fraction of sp³-hybridized carbons (Fsp3) is 1.00. The van der Waals surface area contributed by atoms with Crippen LogP contribution in [-0.2, 0) is 0 Å². The van der Waals surface area contributed by atoms with Crippen molar-refractivity contribution in [2.45, 2.75) is 33.6 Å². The van der Waals surface area contributed by atoms with Crippen molar-refractivity contribution < 1.29 is 0 Å². The van der Waals surface area contributed by atoms with Gasteiger partial charge >= 0.3 is 0 Å².